The second-order valence-corrected chi connectivity index (χ2v) is 3.96. The molecule has 0 saturated carbocycles. The van der Waals surface area contributed by atoms with Gasteiger partial charge in [0.25, 0.3) is 5.91 Å². The van der Waals surface area contributed by atoms with E-state index in [0.717, 1.165) is 12.2 Å². The highest BCUT2D eigenvalue weighted by molar-refractivity contribution is 5.90. The van der Waals surface area contributed by atoms with Gasteiger partial charge in [-0.25, -0.2) is 4.98 Å². The summed E-state index contributed by atoms with van der Waals surface area (Å²) in [6, 6.07) is 5.74. The van der Waals surface area contributed by atoms with E-state index in [9.17, 15) is 4.79 Å². The van der Waals surface area contributed by atoms with Crippen LogP contribution in [0.4, 0.5) is 5.82 Å². The molecule has 6 heteroatoms. The maximum atomic E-state index is 11.1. The van der Waals surface area contributed by atoms with Gasteiger partial charge in [0.15, 0.2) is 0 Å². The molecule has 2 aromatic heterocycles. The van der Waals surface area contributed by atoms with Crippen LogP contribution in [0.2, 0.25) is 0 Å². The summed E-state index contributed by atoms with van der Waals surface area (Å²) in [6.45, 7) is 3.34. The number of rotatable bonds is 5. The summed E-state index contributed by atoms with van der Waals surface area (Å²) in [5, 5.41) is 0. The normalized spacial score (nSPS) is 10.2. The van der Waals surface area contributed by atoms with Gasteiger partial charge in [-0.15, -0.1) is 0 Å². The van der Waals surface area contributed by atoms with Gasteiger partial charge in [-0.2, -0.15) is 0 Å². The van der Waals surface area contributed by atoms with Crippen LogP contribution in [0, 0.1) is 0 Å². The fourth-order valence-corrected chi connectivity index (χ4v) is 1.67. The number of pyridine rings is 1. The Kier molecular flexibility index (Phi) is 4.02. The van der Waals surface area contributed by atoms with Crippen molar-refractivity contribution in [3.8, 4) is 0 Å². The second kappa shape index (κ2) is 5.90. The molecule has 0 atom stereocenters. The smallest absolute Gasteiger partial charge is 0.268 e. The van der Waals surface area contributed by atoms with Crippen molar-refractivity contribution in [3.05, 3.63) is 48.2 Å². The van der Waals surface area contributed by atoms with E-state index < -0.39 is 5.91 Å². The number of hydrogen-bond donors (Lipinski definition) is 1. The van der Waals surface area contributed by atoms with Crippen LogP contribution in [0.1, 0.15) is 23.1 Å². The molecule has 2 rings (SSSR count). The van der Waals surface area contributed by atoms with Crippen LogP contribution in [-0.2, 0) is 6.54 Å². The van der Waals surface area contributed by atoms with E-state index in [1.54, 1.807) is 12.4 Å². The highest BCUT2D eigenvalue weighted by atomic mass is 16.1. The van der Waals surface area contributed by atoms with Crippen molar-refractivity contribution < 1.29 is 4.79 Å². The van der Waals surface area contributed by atoms with E-state index in [4.69, 9.17) is 5.73 Å². The Morgan fingerprint density at radius 3 is 2.84 bits per heavy atom. The number of primary amides is 1. The SMILES string of the molecule is CCN(Cc1ccccn1)c1cncc(C(N)=O)n1. The molecule has 2 N–H and O–H groups in total. The number of nitrogens with zero attached hydrogens (tertiary/aromatic N) is 4. The third-order valence-corrected chi connectivity index (χ3v) is 2.66. The van der Waals surface area contributed by atoms with Gasteiger partial charge in [0, 0.05) is 12.7 Å². The largest absolute Gasteiger partial charge is 0.364 e. The van der Waals surface area contributed by atoms with Crippen LogP contribution in [0.25, 0.3) is 0 Å². The predicted octanol–water partition coefficient (Wildman–Crippen LogP) is 0.997. The molecule has 0 fully saturated rings. The maximum absolute atomic E-state index is 11.1. The van der Waals surface area contributed by atoms with Gasteiger partial charge >= 0.3 is 0 Å². The monoisotopic (exact) mass is 257 g/mol. The highest BCUT2D eigenvalue weighted by Gasteiger charge is 2.10. The number of nitrogens with two attached hydrogens (primary N) is 1. The summed E-state index contributed by atoms with van der Waals surface area (Å²) in [5.41, 5.74) is 6.29. The molecular formula is C13H15N5O. The molecule has 2 heterocycles. The van der Waals surface area contributed by atoms with E-state index in [0.29, 0.717) is 12.4 Å². The van der Waals surface area contributed by atoms with E-state index >= 15 is 0 Å². The Morgan fingerprint density at radius 2 is 2.21 bits per heavy atom. The number of aromatic nitrogens is 3. The zero-order chi connectivity index (χ0) is 13.7. The van der Waals surface area contributed by atoms with Gasteiger partial charge in [0.2, 0.25) is 0 Å². The minimum Gasteiger partial charge on any atom is -0.364 e. The molecule has 0 aliphatic carbocycles. The molecule has 2 aromatic rings. The Labute approximate surface area is 111 Å². The number of carbonyl (C=O) groups is 1. The third-order valence-electron chi connectivity index (χ3n) is 2.66. The summed E-state index contributed by atoms with van der Waals surface area (Å²) in [5.74, 6) is 0.0349. The first-order chi connectivity index (χ1) is 9.20. The van der Waals surface area contributed by atoms with Gasteiger partial charge in [-0.1, -0.05) is 6.07 Å². The van der Waals surface area contributed by atoms with Crippen molar-refractivity contribution in [2.75, 3.05) is 11.4 Å². The van der Waals surface area contributed by atoms with Crippen molar-refractivity contribution >= 4 is 11.7 Å². The number of anilines is 1. The standard InChI is InChI=1S/C13H15N5O/c1-2-18(9-10-5-3-4-6-16-10)12-8-15-7-11(17-12)13(14)19/h3-8H,2,9H2,1H3,(H2,14,19). The lowest BCUT2D eigenvalue weighted by molar-refractivity contribution is 0.0995. The highest BCUT2D eigenvalue weighted by Crippen LogP contribution is 2.12. The average Bonchev–Trinajstić information content (AvgIpc) is 2.46. The lowest BCUT2D eigenvalue weighted by atomic mass is 10.3. The van der Waals surface area contributed by atoms with Crippen molar-refractivity contribution in [3.63, 3.8) is 0 Å². The molecule has 0 aliphatic heterocycles. The molecule has 19 heavy (non-hydrogen) atoms. The van der Waals surface area contributed by atoms with Crippen LogP contribution in [-0.4, -0.2) is 27.4 Å². The molecule has 0 aromatic carbocycles. The van der Waals surface area contributed by atoms with Crippen LogP contribution < -0.4 is 10.6 Å². The Morgan fingerprint density at radius 1 is 1.37 bits per heavy atom. The van der Waals surface area contributed by atoms with E-state index in [-0.39, 0.29) is 5.69 Å². The summed E-state index contributed by atoms with van der Waals surface area (Å²) in [7, 11) is 0. The van der Waals surface area contributed by atoms with Crippen LogP contribution in [0.5, 0.6) is 0 Å². The van der Waals surface area contributed by atoms with Crippen molar-refractivity contribution in [2.45, 2.75) is 13.5 Å². The number of hydrogen-bond acceptors (Lipinski definition) is 5. The van der Waals surface area contributed by atoms with Gasteiger partial charge in [0.05, 0.1) is 24.6 Å². The lowest BCUT2D eigenvalue weighted by Gasteiger charge is -2.21. The topological polar surface area (TPSA) is 85.0 Å². The average molecular weight is 257 g/mol. The maximum Gasteiger partial charge on any atom is 0.268 e. The summed E-state index contributed by atoms with van der Waals surface area (Å²) >= 11 is 0. The van der Waals surface area contributed by atoms with Crippen LogP contribution in [0.15, 0.2) is 36.8 Å². The lowest BCUT2D eigenvalue weighted by Crippen LogP contribution is -2.25. The fourth-order valence-electron chi connectivity index (χ4n) is 1.67. The van der Waals surface area contributed by atoms with Gasteiger partial charge in [0.1, 0.15) is 11.5 Å². The molecule has 0 aliphatic rings. The quantitative estimate of drug-likeness (QED) is 0.863. The first-order valence-corrected chi connectivity index (χ1v) is 5.97. The Bertz CT molecular complexity index is 558. The molecule has 0 bridgehead atoms. The summed E-state index contributed by atoms with van der Waals surface area (Å²) in [4.78, 5) is 25.5. The van der Waals surface area contributed by atoms with Crippen LogP contribution in [0.3, 0.4) is 0 Å². The predicted molar refractivity (Wildman–Crippen MR) is 71.5 cm³/mol. The first-order valence-electron chi connectivity index (χ1n) is 5.97. The molecular weight excluding hydrogens is 242 g/mol. The minimum atomic E-state index is -0.580. The van der Waals surface area contributed by atoms with Crippen molar-refractivity contribution in [1.29, 1.82) is 0 Å². The number of carbonyl (C=O) groups excluding carboxylic acids is 1. The zero-order valence-corrected chi connectivity index (χ0v) is 10.7. The van der Waals surface area contributed by atoms with Gasteiger partial charge in [-0.05, 0) is 19.1 Å². The minimum absolute atomic E-state index is 0.164. The Hall–Kier alpha value is -2.50. The van der Waals surface area contributed by atoms with Gasteiger partial charge in [-0.3, -0.25) is 14.8 Å². The van der Waals surface area contributed by atoms with Crippen LogP contribution >= 0.6 is 0 Å². The van der Waals surface area contributed by atoms with E-state index in [1.165, 1.54) is 6.20 Å². The molecule has 0 radical (unpaired) electrons. The second-order valence-electron chi connectivity index (χ2n) is 3.96. The fraction of sp³-hybridized carbons (Fsp3) is 0.231. The molecule has 0 spiro atoms. The zero-order valence-electron chi connectivity index (χ0n) is 10.7. The number of amides is 1. The van der Waals surface area contributed by atoms with E-state index in [2.05, 4.69) is 15.0 Å². The third kappa shape index (κ3) is 3.25. The summed E-state index contributed by atoms with van der Waals surface area (Å²) in [6.07, 6.45) is 4.72. The molecule has 1 amide bonds. The molecule has 0 saturated heterocycles. The summed E-state index contributed by atoms with van der Waals surface area (Å²) < 4.78 is 0. The first kappa shape index (κ1) is 12.9. The van der Waals surface area contributed by atoms with E-state index in [1.807, 2.05) is 30.0 Å². The molecule has 0 unspecified atom stereocenters. The van der Waals surface area contributed by atoms with Gasteiger partial charge < -0.3 is 10.6 Å². The Balaban J connectivity index is 2.22. The molecule has 98 valence electrons. The van der Waals surface area contributed by atoms with Crippen molar-refractivity contribution in [2.24, 2.45) is 5.73 Å². The van der Waals surface area contributed by atoms with Crippen molar-refractivity contribution in [1.82, 2.24) is 15.0 Å². The molecule has 6 nitrogen and oxygen atoms in total.